The zero-order chi connectivity index (χ0) is 9.56. The second kappa shape index (κ2) is 5.35. The van der Waals surface area contributed by atoms with Crippen molar-refractivity contribution in [3.05, 3.63) is 12.3 Å². The molecule has 0 spiro atoms. The van der Waals surface area contributed by atoms with E-state index in [9.17, 15) is 9.59 Å². The van der Waals surface area contributed by atoms with E-state index in [1.165, 1.54) is 19.2 Å². The molecule has 12 heavy (non-hydrogen) atoms. The molecule has 2 N–H and O–H groups in total. The average molecular weight is 171 g/mol. The molecule has 0 radical (unpaired) electrons. The van der Waals surface area contributed by atoms with Gasteiger partial charge in [-0.3, -0.25) is 9.59 Å². The van der Waals surface area contributed by atoms with Crippen LogP contribution in [0.2, 0.25) is 0 Å². The number of aliphatic carboxylic acids is 1. The minimum absolute atomic E-state index is 0.202. The second-order valence-electron chi connectivity index (χ2n) is 2.41. The quantitative estimate of drug-likeness (QED) is 0.655. The van der Waals surface area contributed by atoms with E-state index in [1.807, 2.05) is 0 Å². The molecule has 0 fully saturated rings. The molecule has 0 saturated heterocycles. The van der Waals surface area contributed by atoms with E-state index in [0.29, 0.717) is 6.42 Å². The van der Waals surface area contributed by atoms with Crippen molar-refractivity contribution >= 4 is 11.9 Å². The molecule has 0 aromatic heterocycles. The number of hydrogen-bond donors (Lipinski definition) is 2. The molecule has 1 atom stereocenters. The van der Waals surface area contributed by atoms with Gasteiger partial charge in [-0.05, 0) is 6.42 Å². The molecule has 1 amide bonds. The van der Waals surface area contributed by atoms with Crippen LogP contribution in [0.1, 0.15) is 20.3 Å². The maximum atomic E-state index is 10.4. The lowest BCUT2D eigenvalue weighted by Gasteiger charge is -2.01. The largest absolute Gasteiger partial charge is 0.481 e. The SMILES string of the molecule is CCC(/C=C/NC(C)=O)C(=O)O. The topological polar surface area (TPSA) is 66.4 Å². The summed E-state index contributed by atoms with van der Waals surface area (Å²) in [7, 11) is 0. The van der Waals surface area contributed by atoms with Crippen molar-refractivity contribution in [2.24, 2.45) is 5.92 Å². The first-order chi connectivity index (χ1) is 5.57. The van der Waals surface area contributed by atoms with E-state index in [1.54, 1.807) is 6.92 Å². The van der Waals surface area contributed by atoms with Crippen LogP contribution in [0, 0.1) is 5.92 Å². The fraction of sp³-hybridized carbons (Fsp3) is 0.500. The monoisotopic (exact) mass is 171 g/mol. The molecule has 0 aromatic rings. The first-order valence-corrected chi connectivity index (χ1v) is 3.74. The molecule has 68 valence electrons. The summed E-state index contributed by atoms with van der Waals surface area (Å²) in [5.41, 5.74) is 0. The molecule has 0 rings (SSSR count). The van der Waals surface area contributed by atoms with Crippen molar-refractivity contribution in [3.8, 4) is 0 Å². The van der Waals surface area contributed by atoms with Crippen LogP contribution in [-0.2, 0) is 9.59 Å². The number of carbonyl (C=O) groups is 2. The number of carbonyl (C=O) groups excluding carboxylic acids is 1. The number of carboxylic acid groups (broad SMARTS) is 1. The van der Waals surface area contributed by atoms with Gasteiger partial charge in [0.05, 0.1) is 5.92 Å². The number of rotatable bonds is 4. The van der Waals surface area contributed by atoms with Gasteiger partial charge in [0.2, 0.25) is 5.91 Å². The van der Waals surface area contributed by atoms with Crippen molar-refractivity contribution in [2.75, 3.05) is 0 Å². The van der Waals surface area contributed by atoms with Crippen LogP contribution in [0.4, 0.5) is 0 Å². The fourth-order valence-corrected chi connectivity index (χ4v) is 0.675. The molecule has 0 heterocycles. The van der Waals surface area contributed by atoms with Crippen molar-refractivity contribution in [3.63, 3.8) is 0 Å². The summed E-state index contributed by atoms with van der Waals surface area (Å²) in [5, 5.41) is 11.0. The van der Waals surface area contributed by atoms with E-state index in [-0.39, 0.29) is 5.91 Å². The highest BCUT2D eigenvalue weighted by molar-refractivity contribution is 5.75. The number of amides is 1. The van der Waals surface area contributed by atoms with Gasteiger partial charge in [0.15, 0.2) is 0 Å². The van der Waals surface area contributed by atoms with Crippen molar-refractivity contribution in [1.29, 1.82) is 0 Å². The molecule has 0 aliphatic rings. The fourth-order valence-electron chi connectivity index (χ4n) is 0.675. The van der Waals surface area contributed by atoms with Crippen LogP contribution < -0.4 is 5.32 Å². The molecule has 4 heteroatoms. The van der Waals surface area contributed by atoms with Gasteiger partial charge >= 0.3 is 5.97 Å². The Balaban J connectivity index is 3.93. The van der Waals surface area contributed by atoms with E-state index in [0.717, 1.165) is 0 Å². The minimum atomic E-state index is -0.876. The Morgan fingerprint density at radius 3 is 2.50 bits per heavy atom. The van der Waals surface area contributed by atoms with Crippen molar-refractivity contribution < 1.29 is 14.7 Å². The van der Waals surface area contributed by atoms with Gasteiger partial charge in [-0.1, -0.05) is 13.0 Å². The summed E-state index contributed by atoms with van der Waals surface area (Å²) < 4.78 is 0. The van der Waals surface area contributed by atoms with E-state index >= 15 is 0 Å². The molecule has 0 saturated carbocycles. The summed E-state index contributed by atoms with van der Waals surface area (Å²) in [4.78, 5) is 20.8. The highest BCUT2D eigenvalue weighted by atomic mass is 16.4. The maximum Gasteiger partial charge on any atom is 0.310 e. The Hall–Kier alpha value is -1.32. The van der Waals surface area contributed by atoms with Gasteiger partial charge < -0.3 is 10.4 Å². The Labute approximate surface area is 71.3 Å². The summed E-state index contributed by atoms with van der Waals surface area (Å²) in [6.07, 6.45) is 3.35. The molecule has 1 unspecified atom stereocenters. The van der Waals surface area contributed by atoms with Crippen LogP contribution in [0.3, 0.4) is 0 Å². The van der Waals surface area contributed by atoms with E-state index in [4.69, 9.17) is 5.11 Å². The number of carboxylic acids is 1. The Kier molecular flexibility index (Phi) is 4.76. The average Bonchev–Trinajstić information content (AvgIpc) is 1.96. The number of hydrogen-bond acceptors (Lipinski definition) is 2. The summed E-state index contributed by atoms with van der Waals surface area (Å²) in [5.74, 6) is -1.59. The Morgan fingerprint density at radius 1 is 1.58 bits per heavy atom. The van der Waals surface area contributed by atoms with Gasteiger partial charge in [-0.2, -0.15) is 0 Å². The predicted octanol–water partition coefficient (Wildman–Crippen LogP) is 0.747. The smallest absolute Gasteiger partial charge is 0.310 e. The third-order valence-corrected chi connectivity index (χ3v) is 1.37. The standard InChI is InChI=1S/C8H13NO3/c1-3-7(8(11)12)4-5-9-6(2)10/h4-5,7H,3H2,1-2H3,(H,9,10)(H,11,12)/b5-4+. The third kappa shape index (κ3) is 4.49. The lowest BCUT2D eigenvalue weighted by molar-refractivity contribution is -0.140. The van der Waals surface area contributed by atoms with Gasteiger partial charge in [0, 0.05) is 13.1 Å². The molecule has 0 aromatic carbocycles. The first-order valence-electron chi connectivity index (χ1n) is 3.74. The molecule has 0 bridgehead atoms. The van der Waals surface area contributed by atoms with Gasteiger partial charge in [-0.15, -0.1) is 0 Å². The molecule has 0 aliphatic heterocycles. The Morgan fingerprint density at radius 2 is 2.17 bits per heavy atom. The summed E-state index contributed by atoms with van der Waals surface area (Å²) in [6, 6.07) is 0. The van der Waals surface area contributed by atoms with Gasteiger partial charge in [0.1, 0.15) is 0 Å². The zero-order valence-corrected chi connectivity index (χ0v) is 7.20. The lowest BCUT2D eigenvalue weighted by atomic mass is 10.1. The van der Waals surface area contributed by atoms with E-state index in [2.05, 4.69) is 5.32 Å². The third-order valence-electron chi connectivity index (χ3n) is 1.37. The highest BCUT2D eigenvalue weighted by Crippen LogP contribution is 2.02. The van der Waals surface area contributed by atoms with Crippen LogP contribution >= 0.6 is 0 Å². The molecule has 4 nitrogen and oxygen atoms in total. The van der Waals surface area contributed by atoms with E-state index < -0.39 is 11.9 Å². The molecular weight excluding hydrogens is 158 g/mol. The molecule has 0 aliphatic carbocycles. The van der Waals surface area contributed by atoms with Crippen LogP contribution in [0.5, 0.6) is 0 Å². The Bertz CT molecular complexity index is 198. The van der Waals surface area contributed by atoms with Crippen LogP contribution in [0.15, 0.2) is 12.3 Å². The van der Waals surface area contributed by atoms with Crippen molar-refractivity contribution in [1.82, 2.24) is 5.32 Å². The first kappa shape index (κ1) is 10.7. The second-order valence-corrected chi connectivity index (χ2v) is 2.41. The van der Waals surface area contributed by atoms with Crippen LogP contribution in [0.25, 0.3) is 0 Å². The van der Waals surface area contributed by atoms with Gasteiger partial charge in [0.25, 0.3) is 0 Å². The summed E-state index contributed by atoms with van der Waals surface area (Å²) >= 11 is 0. The minimum Gasteiger partial charge on any atom is -0.481 e. The predicted molar refractivity (Wildman–Crippen MR) is 44.4 cm³/mol. The maximum absolute atomic E-state index is 10.4. The normalized spacial score (nSPS) is 12.8. The van der Waals surface area contributed by atoms with Crippen molar-refractivity contribution in [2.45, 2.75) is 20.3 Å². The summed E-state index contributed by atoms with van der Waals surface area (Å²) in [6.45, 7) is 3.14. The lowest BCUT2D eigenvalue weighted by Crippen LogP contribution is -2.14. The zero-order valence-electron chi connectivity index (χ0n) is 7.20. The van der Waals surface area contributed by atoms with Gasteiger partial charge in [-0.25, -0.2) is 0 Å². The number of nitrogens with one attached hydrogen (secondary N) is 1. The van der Waals surface area contributed by atoms with Crippen LogP contribution in [-0.4, -0.2) is 17.0 Å². The molecular formula is C8H13NO3. The highest BCUT2D eigenvalue weighted by Gasteiger charge is 2.09.